The maximum atomic E-state index is 12.5. The van der Waals surface area contributed by atoms with Gasteiger partial charge in [-0.1, -0.05) is 11.6 Å². The van der Waals surface area contributed by atoms with E-state index in [1.807, 2.05) is 12.1 Å². The fraction of sp³-hybridized carbons (Fsp3) is 0.214. The van der Waals surface area contributed by atoms with Gasteiger partial charge in [-0.05, 0) is 42.8 Å². The fourth-order valence-electron chi connectivity index (χ4n) is 1.84. The van der Waals surface area contributed by atoms with E-state index in [9.17, 15) is 8.42 Å². The highest BCUT2D eigenvalue weighted by atomic mass is 35.5. The fourth-order valence-corrected chi connectivity index (χ4v) is 4.30. The Bertz CT molecular complexity index is 807. The summed E-state index contributed by atoms with van der Waals surface area (Å²) < 4.78 is 26.9. The molecule has 0 N–H and O–H groups in total. The molecular formula is C14H13ClN2O2S2. The molecule has 2 aromatic rings. The smallest absolute Gasteiger partial charge is 0.207 e. The first-order valence-corrected chi connectivity index (χ1v) is 8.69. The lowest BCUT2D eigenvalue weighted by atomic mass is 10.1. The van der Waals surface area contributed by atoms with Gasteiger partial charge in [-0.3, -0.25) is 0 Å². The number of rotatable bonds is 4. The third-order valence-corrected chi connectivity index (χ3v) is 6.05. The molecule has 21 heavy (non-hydrogen) atoms. The summed E-state index contributed by atoms with van der Waals surface area (Å²) >= 11 is 7.20. The molecule has 0 saturated heterocycles. The van der Waals surface area contributed by atoms with Gasteiger partial charge in [-0.2, -0.15) is 9.57 Å². The van der Waals surface area contributed by atoms with Crippen molar-refractivity contribution in [3.63, 3.8) is 0 Å². The van der Waals surface area contributed by atoms with Crippen molar-refractivity contribution in [2.45, 2.75) is 18.4 Å². The summed E-state index contributed by atoms with van der Waals surface area (Å²) in [5.41, 5.74) is 1.12. The van der Waals surface area contributed by atoms with Crippen molar-refractivity contribution in [2.24, 2.45) is 0 Å². The summed E-state index contributed by atoms with van der Waals surface area (Å²) in [6.45, 7) is 1.98. The van der Waals surface area contributed by atoms with Crippen molar-refractivity contribution >= 4 is 33.0 Å². The summed E-state index contributed by atoms with van der Waals surface area (Å²) in [7, 11) is -2.06. The Kier molecular flexibility index (Phi) is 4.69. The zero-order valence-electron chi connectivity index (χ0n) is 11.5. The second-order valence-corrected chi connectivity index (χ2v) is 8.40. The average Bonchev–Trinajstić information content (AvgIpc) is 2.83. The number of hydrogen-bond acceptors (Lipinski definition) is 4. The van der Waals surface area contributed by atoms with Gasteiger partial charge in [-0.15, -0.1) is 11.3 Å². The molecule has 0 fully saturated rings. The Morgan fingerprint density at radius 2 is 2.05 bits per heavy atom. The monoisotopic (exact) mass is 340 g/mol. The Hall–Kier alpha value is -1.39. The number of nitriles is 1. The van der Waals surface area contributed by atoms with Gasteiger partial charge in [0.05, 0.1) is 20.9 Å². The van der Waals surface area contributed by atoms with E-state index in [0.29, 0.717) is 15.5 Å². The predicted octanol–water partition coefficient (Wildman–Crippen LogP) is 3.40. The van der Waals surface area contributed by atoms with Crippen LogP contribution >= 0.6 is 22.9 Å². The quantitative estimate of drug-likeness (QED) is 0.857. The molecule has 110 valence electrons. The van der Waals surface area contributed by atoms with Crippen LogP contribution in [0.1, 0.15) is 16.0 Å². The largest absolute Gasteiger partial charge is 0.243 e. The van der Waals surface area contributed by atoms with Crippen LogP contribution in [0.4, 0.5) is 0 Å². The van der Waals surface area contributed by atoms with Crippen LogP contribution in [0, 0.1) is 18.3 Å². The van der Waals surface area contributed by atoms with Gasteiger partial charge in [0, 0.05) is 18.5 Å². The Morgan fingerprint density at radius 3 is 2.57 bits per heavy atom. The van der Waals surface area contributed by atoms with E-state index in [1.54, 1.807) is 13.0 Å². The van der Waals surface area contributed by atoms with Crippen LogP contribution in [0.2, 0.25) is 4.34 Å². The van der Waals surface area contributed by atoms with Gasteiger partial charge in [-0.25, -0.2) is 8.42 Å². The van der Waals surface area contributed by atoms with Gasteiger partial charge in [0.25, 0.3) is 0 Å². The molecule has 0 aliphatic rings. The standard InChI is InChI=1S/C14H13ClN2O2S2/c1-10-7-13(5-3-11(10)8-16)21(18,19)17(2)9-12-4-6-14(15)20-12/h3-7H,9H2,1-2H3. The minimum absolute atomic E-state index is 0.184. The summed E-state index contributed by atoms with van der Waals surface area (Å²) in [5.74, 6) is 0. The van der Waals surface area contributed by atoms with E-state index in [4.69, 9.17) is 16.9 Å². The molecule has 0 spiro atoms. The molecule has 1 heterocycles. The predicted molar refractivity (Wildman–Crippen MR) is 83.9 cm³/mol. The van der Waals surface area contributed by atoms with Crippen LogP contribution in [-0.4, -0.2) is 19.8 Å². The van der Waals surface area contributed by atoms with Gasteiger partial charge in [0.15, 0.2) is 0 Å². The van der Waals surface area contributed by atoms with Gasteiger partial charge < -0.3 is 0 Å². The zero-order valence-corrected chi connectivity index (χ0v) is 13.9. The minimum atomic E-state index is -3.59. The zero-order chi connectivity index (χ0) is 15.6. The third kappa shape index (κ3) is 3.44. The molecule has 0 radical (unpaired) electrons. The van der Waals surface area contributed by atoms with E-state index in [2.05, 4.69) is 0 Å². The molecule has 0 unspecified atom stereocenters. The third-order valence-electron chi connectivity index (χ3n) is 3.03. The Labute approximate surface area is 133 Å². The van der Waals surface area contributed by atoms with Crippen LogP contribution in [-0.2, 0) is 16.6 Å². The SMILES string of the molecule is Cc1cc(S(=O)(=O)N(C)Cc2ccc(Cl)s2)ccc1C#N. The normalized spacial score (nSPS) is 11.6. The number of aryl methyl sites for hydroxylation is 1. The van der Waals surface area contributed by atoms with Crippen LogP contribution in [0.3, 0.4) is 0 Å². The van der Waals surface area contributed by atoms with Crippen molar-refractivity contribution in [3.8, 4) is 6.07 Å². The van der Waals surface area contributed by atoms with E-state index in [0.717, 1.165) is 4.88 Å². The molecule has 4 nitrogen and oxygen atoms in total. The highest BCUT2D eigenvalue weighted by molar-refractivity contribution is 7.89. The molecule has 0 saturated carbocycles. The topological polar surface area (TPSA) is 61.2 Å². The van der Waals surface area contributed by atoms with Crippen LogP contribution in [0.25, 0.3) is 0 Å². The van der Waals surface area contributed by atoms with Crippen molar-refractivity contribution < 1.29 is 8.42 Å². The summed E-state index contributed by atoms with van der Waals surface area (Å²) in [4.78, 5) is 1.06. The number of hydrogen-bond donors (Lipinski definition) is 0. The highest BCUT2D eigenvalue weighted by Gasteiger charge is 2.22. The lowest BCUT2D eigenvalue weighted by Gasteiger charge is -2.16. The summed E-state index contributed by atoms with van der Waals surface area (Å²) in [6.07, 6.45) is 0. The number of thiophene rings is 1. The second-order valence-electron chi connectivity index (χ2n) is 4.56. The summed E-state index contributed by atoms with van der Waals surface area (Å²) in [5, 5.41) is 8.90. The maximum Gasteiger partial charge on any atom is 0.243 e. The van der Waals surface area contributed by atoms with Crippen molar-refractivity contribution in [1.82, 2.24) is 4.31 Å². The number of benzene rings is 1. The van der Waals surface area contributed by atoms with Crippen LogP contribution in [0.5, 0.6) is 0 Å². The molecule has 7 heteroatoms. The van der Waals surface area contributed by atoms with Crippen molar-refractivity contribution in [2.75, 3.05) is 7.05 Å². The van der Waals surface area contributed by atoms with E-state index < -0.39 is 10.0 Å². The first kappa shape index (κ1) is 16.0. The van der Waals surface area contributed by atoms with Gasteiger partial charge in [0.2, 0.25) is 10.0 Å². The lowest BCUT2D eigenvalue weighted by molar-refractivity contribution is 0.469. The molecule has 0 bridgehead atoms. The molecule has 0 atom stereocenters. The summed E-state index contributed by atoms with van der Waals surface area (Å²) in [6, 6.07) is 10.1. The van der Waals surface area contributed by atoms with Gasteiger partial charge in [0.1, 0.15) is 0 Å². The molecule has 1 aromatic heterocycles. The molecular weight excluding hydrogens is 328 g/mol. The van der Waals surface area contributed by atoms with Crippen LogP contribution in [0.15, 0.2) is 35.2 Å². The number of halogens is 1. The Balaban J connectivity index is 2.29. The molecule has 0 amide bonds. The van der Waals surface area contributed by atoms with Crippen LogP contribution < -0.4 is 0 Å². The number of nitrogens with zero attached hydrogens (tertiary/aromatic N) is 2. The van der Waals surface area contributed by atoms with E-state index >= 15 is 0 Å². The first-order chi connectivity index (χ1) is 9.84. The maximum absolute atomic E-state index is 12.5. The highest BCUT2D eigenvalue weighted by Crippen LogP contribution is 2.25. The molecule has 1 aromatic carbocycles. The lowest BCUT2D eigenvalue weighted by Crippen LogP contribution is -2.26. The van der Waals surface area contributed by atoms with Gasteiger partial charge >= 0.3 is 0 Å². The van der Waals surface area contributed by atoms with Crippen molar-refractivity contribution in [3.05, 3.63) is 50.7 Å². The molecule has 2 rings (SSSR count). The molecule has 0 aliphatic carbocycles. The first-order valence-electron chi connectivity index (χ1n) is 6.06. The number of sulfonamides is 1. The van der Waals surface area contributed by atoms with E-state index in [-0.39, 0.29) is 11.4 Å². The average molecular weight is 341 g/mol. The Morgan fingerprint density at radius 1 is 1.33 bits per heavy atom. The second kappa shape index (κ2) is 6.16. The molecule has 0 aliphatic heterocycles. The van der Waals surface area contributed by atoms with E-state index in [1.165, 1.54) is 40.9 Å². The minimum Gasteiger partial charge on any atom is -0.207 e. The van der Waals surface area contributed by atoms with Crippen molar-refractivity contribution in [1.29, 1.82) is 5.26 Å².